The van der Waals surface area contributed by atoms with Gasteiger partial charge in [0.1, 0.15) is 5.75 Å². The van der Waals surface area contributed by atoms with Crippen molar-refractivity contribution in [3.63, 3.8) is 0 Å². The number of benzene rings is 3. The van der Waals surface area contributed by atoms with Gasteiger partial charge in [-0.1, -0.05) is 118 Å². The van der Waals surface area contributed by atoms with Gasteiger partial charge in [-0.25, -0.2) is 0 Å². The number of hydrogen-bond donors (Lipinski definition) is 0. The third kappa shape index (κ3) is 7.97. The van der Waals surface area contributed by atoms with Gasteiger partial charge in [0.15, 0.2) is 0 Å². The van der Waals surface area contributed by atoms with E-state index in [-0.39, 0.29) is 11.9 Å². The summed E-state index contributed by atoms with van der Waals surface area (Å²) in [6.07, 6.45) is 16.2. The summed E-state index contributed by atoms with van der Waals surface area (Å²) in [4.78, 5) is 12.6. The number of hydrogen-bond acceptors (Lipinski definition) is 3. The Bertz CT molecular complexity index is 1320. The average Bonchev–Trinajstić information content (AvgIpc) is 3.45. The fourth-order valence-corrected chi connectivity index (χ4v) is 6.26. The zero-order valence-electron chi connectivity index (χ0n) is 24.5. The number of unbranched alkanes of at least 4 members (excludes halogenated alkanes) is 6. The molecule has 41 heavy (non-hydrogen) atoms. The van der Waals surface area contributed by atoms with E-state index in [9.17, 15) is 4.79 Å². The van der Waals surface area contributed by atoms with Crippen molar-refractivity contribution in [3.8, 4) is 5.75 Å². The summed E-state index contributed by atoms with van der Waals surface area (Å²) < 4.78 is 7.99. The number of ether oxygens (including phenoxy) is 1. The molecule has 3 aromatic carbocycles. The van der Waals surface area contributed by atoms with Crippen molar-refractivity contribution in [3.05, 3.63) is 119 Å². The molecule has 0 saturated carbocycles. The number of rotatable bonds is 14. The lowest BCUT2D eigenvalue weighted by Crippen LogP contribution is -2.21. The molecule has 0 radical (unpaired) electrons. The van der Waals surface area contributed by atoms with Gasteiger partial charge in [-0.2, -0.15) is 5.10 Å². The van der Waals surface area contributed by atoms with Crippen LogP contribution in [0.3, 0.4) is 0 Å². The van der Waals surface area contributed by atoms with Gasteiger partial charge >= 0.3 is 5.97 Å². The Morgan fingerprint density at radius 2 is 1.54 bits per heavy atom. The van der Waals surface area contributed by atoms with Gasteiger partial charge in [0.05, 0.1) is 6.20 Å². The van der Waals surface area contributed by atoms with Crippen molar-refractivity contribution in [2.24, 2.45) is 5.92 Å². The van der Waals surface area contributed by atoms with Crippen molar-refractivity contribution in [1.29, 1.82) is 0 Å². The van der Waals surface area contributed by atoms with Crippen molar-refractivity contribution < 1.29 is 9.53 Å². The summed E-state index contributed by atoms with van der Waals surface area (Å²) in [6.45, 7) is 3.12. The van der Waals surface area contributed by atoms with E-state index in [1.165, 1.54) is 59.9 Å². The molecule has 0 saturated heterocycles. The summed E-state index contributed by atoms with van der Waals surface area (Å²) in [5, 5.41) is 4.80. The summed E-state index contributed by atoms with van der Waals surface area (Å²) in [7, 11) is 0. The van der Waals surface area contributed by atoms with E-state index in [0.29, 0.717) is 12.3 Å². The summed E-state index contributed by atoms with van der Waals surface area (Å²) in [5.74, 6) is 1.34. The normalized spacial score (nSPS) is 14.6. The fraction of sp³-hybridized carbons (Fsp3) is 0.405. The Kier molecular flexibility index (Phi) is 10.4. The summed E-state index contributed by atoms with van der Waals surface area (Å²) >= 11 is 0. The maximum absolute atomic E-state index is 12.6. The van der Waals surface area contributed by atoms with Crippen molar-refractivity contribution in [2.45, 2.75) is 90.0 Å². The van der Waals surface area contributed by atoms with Crippen LogP contribution in [-0.4, -0.2) is 15.7 Å². The lowest BCUT2D eigenvalue weighted by molar-refractivity contribution is -0.134. The third-order valence-corrected chi connectivity index (χ3v) is 8.45. The molecule has 1 atom stereocenters. The molecule has 4 nitrogen and oxygen atoms in total. The highest BCUT2D eigenvalue weighted by Gasteiger charge is 2.24. The van der Waals surface area contributed by atoms with Crippen LogP contribution < -0.4 is 4.74 Å². The van der Waals surface area contributed by atoms with E-state index < -0.39 is 0 Å². The maximum Gasteiger partial charge on any atom is 0.311 e. The van der Waals surface area contributed by atoms with Crippen LogP contribution in [0.1, 0.15) is 98.4 Å². The highest BCUT2D eigenvalue weighted by atomic mass is 16.5. The predicted molar refractivity (Wildman–Crippen MR) is 166 cm³/mol. The van der Waals surface area contributed by atoms with Crippen LogP contribution in [0, 0.1) is 5.92 Å². The number of nitrogens with zero attached hydrogens (tertiary/aromatic N) is 2. The second kappa shape index (κ2) is 14.8. The third-order valence-electron chi connectivity index (χ3n) is 8.45. The van der Waals surface area contributed by atoms with Gasteiger partial charge in [-0.15, -0.1) is 0 Å². The van der Waals surface area contributed by atoms with Crippen LogP contribution in [0.2, 0.25) is 0 Å². The van der Waals surface area contributed by atoms with Gasteiger partial charge in [0.2, 0.25) is 0 Å². The van der Waals surface area contributed by atoms with Crippen molar-refractivity contribution in [2.75, 3.05) is 0 Å². The molecule has 1 aromatic heterocycles. The van der Waals surface area contributed by atoms with E-state index in [1.54, 1.807) is 0 Å². The Labute approximate surface area is 245 Å². The highest BCUT2D eigenvalue weighted by Crippen LogP contribution is 2.34. The quantitative estimate of drug-likeness (QED) is 0.0898. The monoisotopic (exact) mass is 548 g/mol. The molecule has 0 bridgehead atoms. The minimum Gasteiger partial charge on any atom is -0.426 e. The zero-order chi connectivity index (χ0) is 28.3. The Morgan fingerprint density at radius 1 is 0.854 bits per heavy atom. The molecule has 1 heterocycles. The molecule has 1 aliphatic rings. The van der Waals surface area contributed by atoms with Crippen LogP contribution in [0.5, 0.6) is 5.75 Å². The van der Waals surface area contributed by atoms with E-state index in [2.05, 4.69) is 84.5 Å². The number of esters is 1. The topological polar surface area (TPSA) is 44.1 Å². The highest BCUT2D eigenvalue weighted by molar-refractivity contribution is 5.73. The number of carbonyl (C=O) groups excluding carboxylic acids is 1. The van der Waals surface area contributed by atoms with E-state index >= 15 is 0 Å². The largest absolute Gasteiger partial charge is 0.426 e. The first-order chi connectivity index (χ1) is 20.2. The first kappa shape index (κ1) is 28.9. The first-order valence-electron chi connectivity index (χ1n) is 15.6. The van der Waals surface area contributed by atoms with Crippen LogP contribution in [0.15, 0.2) is 91.3 Å². The minimum absolute atomic E-state index is 0.0930. The Hall–Kier alpha value is -3.66. The smallest absolute Gasteiger partial charge is 0.311 e. The van der Waals surface area contributed by atoms with E-state index in [1.807, 2.05) is 18.3 Å². The molecule has 0 aliphatic heterocycles. The Balaban J connectivity index is 1.18. The fourth-order valence-electron chi connectivity index (χ4n) is 6.26. The number of aromatic nitrogens is 2. The number of fused-ring (bicyclic) bond motifs is 1. The molecule has 0 amide bonds. The molecule has 5 rings (SSSR count). The maximum atomic E-state index is 12.6. The van der Waals surface area contributed by atoms with Crippen LogP contribution in [-0.2, 0) is 24.2 Å². The van der Waals surface area contributed by atoms with E-state index in [0.717, 1.165) is 44.4 Å². The Morgan fingerprint density at radius 3 is 2.24 bits per heavy atom. The summed E-state index contributed by atoms with van der Waals surface area (Å²) in [5.41, 5.74) is 6.29. The van der Waals surface area contributed by atoms with Gasteiger partial charge < -0.3 is 4.74 Å². The number of carbonyl (C=O) groups is 1. The molecule has 4 heteroatoms. The average molecular weight is 549 g/mol. The summed E-state index contributed by atoms with van der Waals surface area (Å²) in [6, 6.07) is 27.6. The molecule has 0 spiro atoms. The van der Waals surface area contributed by atoms with Crippen molar-refractivity contribution in [1.82, 2.24) is 9.78 Å². The van der Waals surface area contributed by atoms with Crippen molar-refractivity contribution >= 4 is 5.97 Å². The zero-order valence-corrected chi connectivity index (χ0v) is 24.5. The molecule has 214 valence electrons. The van der Waals surface area contributed by atoms with E-state index in [4.69, 9.17) is 9.84 Å². The van der Waals surface area contributed by atoms with Crippen LogP contribution >= 0.6 is 0 Å². The lowest BCUT2D eigenvalue weighted by atomic mass is 9.83. The second-order valence-corrected chi connectivity index (χ2v) is 11.6. The molecular formula is C37H44N2O2. The first-order valence-corrected chi connectivity index (χ1v) is 15.6. The van der Waals surface area contributed by atoms with Gasteiger partial charge in [0.25, 0.3) is 0 Å². The SMILES string of the molecule is CCCCCCCCCC(=O)Oc1cccc2c1CCC(Cn1cc(C(c3ccccc3)c3ccccc3)cn1)C2. The standard InChI is InChI=1S/C37H44N2O2/c1-2-3-4-5-6-7-14-22-36(40)41-35-21-15-20-32-25-29(23-24-34(32)35)27-39-28-33(26-38-39)37(30-16-10-8-11-17-30)31-18-12-9-13-19-31/h8-13,15-21,26,28-29,37H,2-7,14,22-25,27H2,1H3. The van der Waals surface area contributed by atoms with Gasteiger partial charge in [-0.3, -0.25) is 9.48 Å². The lowest BCUT2D eigenvalue weighted by Gasteiger charge is -2.26. The van der Waals surface area contributed by atoms with Gasteiger partial charge in [0, 0.05) is 30.6 Å². The molecule has 4 aromatic rings. The molecule has 0 fully saturated rings. The predicted octanol–water partition coefficient (Wildman–Crippen LogP) is 8.91. The molecule has 0 N–H and O–H groups in total. The van der Waals surface area contributed by atoms with Gasteiger partial charge in [-0.05, 0) is 59.9 Å². The molecular weight excluding hydrogens is 504 g/mol. The second-order valence-electron chi connectivity index (χ2n) is 11.6. The van der Waals surface area contributed by atoms with Crippen LogP contribution in [0.4, 0.5) is 0 Å². The molecule has 1 unspecified atom stereocenters. The minimum atomic E-state index is -0.0930. The van der Waals surface area contributed by atoms with Crippen LogP contribution in [0.25, 0.3) is 0 Å². The molecule has 1 aliphatic carbocycles.